The largest absolute Gasteiger partial charge is 0.351 e. The van der Waals surface area contributed by atoms with E-state index in [1.165, 1.54) is 9.75 Å². The van der Waals surface area contributed by atoms with E-state index in [-0.39, 0.29) is 5.91 Å². The summed E-state index contributed by atoms with van der Waals surface area (Å²) in [6, 6.07) is 13.9. The van der Waals surface area contributed by atoms with E-state index in [1.54, 1.807) is 11.3 Å². The molecule has 0 spiro atoms. The van der Waals surface area contributed by atoms with Crippen molar-refractivity contribution in [2.45, 2.75) is 13.5 Å². The minimum atomic E-state index is -0.0674. The molecule has 0 aliphatic heterocycles. The molecule has 4 heteroatoms. The van der Waals surface area contributed by atoms with E-state index in [4.69, 9.17) is 0 Å². The number of para-hydroxylation sites is 1. The van der Waals surface area contributed by atoms with Gasteiger partial charge in [-0.05, 0) is 31.2 Å². The summed E-state index contributed by atoms with van der Waals surface area (Å²) in [6.07, 6.45) is 0. The van der Waals surface area contributed by atoms with Crippen molar-refractivity contribution >= 4 is 28.1 Å². The summed E-state index contributed by atoms with van der Waals surface area (Å²) in [5.41, 5.74) is 1.59. The second-order valence-corrected chi connectivity index (χ2v) is 5.84. The molecule has 0 atom stereocenters. The lowest BCUT2D eigenvalue weighted by Crippen LogP contribution is -2.22. The van der Waals surface area contributed by atoms with Crippen LogP contribution in [0.4, 0.5) is 0 Å². The Hall–Kier alpha value is -2.07. The Balaban J connectivity index is 1.73. The zero-order valence-corrected chi connectivity index (χ0v) is 11.4. The molecule has 1 amide bonds. The zero-order valence-electron chi connectivity index (χ0n) is 10.6. The summed E-state index contributed by atoms with van der Waals surface area (Å²) in [7, 11) is 0. The van der Waals surface area contributed by atoms with Gasteiger partial charge in [-0.15, -0.1) is 11.3 Å². The lowest BCUT2D eigenvalue weighted by atomic mass is 10.2. The lowest BCUT2D eigenvalue weighted by Gasteiger charge is -2.01. The fourth-order valence-electron chi connectivity index (χ4n) is 2.04. The van der Waals surface area contributed by atoms with Crippen molar-refractivity contribution in [3.63, 3.8) is 0 Å². The second-order valence-electron chi connectivity index (χ2n) is 4.47. The summed E-state index contributed by atoms with van der Waals surface area (Å²) in [5, 5.41) is 3.98. The summed E-state index contributed by atoms with van der Waals surface area (Å²) in [6.45, 7) is 2.64. The normalized spacial score (nSPS) is 10.8. The summed E-state index contributed by atoms with van der Waals surface area (Å²) < 4.78 is 0. The van der Waals surface area contributed by atoms with Crippen molar-refractivity contribution in [1.29, 1.82) is 0 Å². The SMILES string of the molecule is Cc1ccc(CNC(=O)c2cc3ccccc3[nH]2)s1. The van der Waals surface area contributed by atoms with Gasteiger partial charge < -0.3 is 10.3 Å². The average Bonchev–Trinajstić information content (AvgIpc) is 3.01. The number of aryl methyl sites for hydroxylation is 1. The van der Waals surface area contributed by atoms with E-state index < -0.39 is 0 Å². The van der Waals surface area contributed by atoms with Crippen molar-refractivity contribution in [3.05, 3.63) is 57.9 Å². The van der Waals surface area contributed by atoms with Gasteiger partial charge in [-0.25, -0.2) is 0 Å². The first-order valence-corrected chi connectivity index (χ1v) is 6.95. The van der Waals surface area contributed by atoms with Crippen LogP contribution in [0, 0.1) is 6.92 Å². The van der Waals surface area contributed by atoms with Gasteiger partial charge in [0.25, 0.3) is 5.91 Å². The monoisotopic (exact) mass is 270 g/mol. The van der Waals surface area contributed by atoms with Crippen LogP contribution in [-0.2, 0) is 6.54 Å². The van der Waals surface area contributed by atoms with E-state index >= 15 is 0 Å². The van der Waals surface area contributed by atoms with Crippen LogP contribution >= 0.6 is 11.3 Å². The molecule has 0 radical (unpaired) electrons. The molecule has 1 aromatic carbocycles. The van der Waals surface area contributed by atoms with Crippen LogP contribution in [0.25, 0.3) is 10.9 Å². The molecule has 0 unspecified atom stereocenters. The molecule has 0 bridgehead atoms. The average molecular weight is 270 g/mol. The smallest absolute Gasteiger partial charge is 0.268 e. The van der Waals surface area contributed by atoms with Crippen molar-refractivity contribution < 1.29 is 4.79 Å². The third-order valence-electron chi connectivity index (χ3n) is 2.99. The third-order valence-corrected chi connectivity index (χ3v) is 3.99. The van der Waals surface area contributed by atoms with Crippen molar-refractivity contribution in [3.8, 4) is 0 Å². The molecule has 0 saturated heterocycles. The quantitative estimate of drug-likeness (QED) is 0.752. The van der Waals surface area contributed by atoms with Crippen LogP contribution in [-0.4, -0.2) is 10.9 Å². The molecule has 2 N–H and O–H groups in total. The number of H-pyrrole nitrogens is 1. The number of aromatic amines is 1. The Morgan fingerprint density at radius 1 is 1.26 bits per heavy atom. The number of aromatic nitrogens is 1. The lowest BCUT2D eigenvalue weighted by molar-refractivity contribution is 0.0947. The Labute approximate surface area is 115 Å². The third kappa shape index (κ3) is 2.53. The Morgan fingerprint density at radius 3 is 2.84 bits per heavy atom. The number of fused-ring (bicyclic) bond motifs is 1. The number of thiophene rings is 1. The molecule has 2 aromatic heterocycles. The molecule has 0 aliphatic carbocycles. The predicted octanol–water partition coefficient (Wildman–Crippen LogP) is 3.47. The van der Waals surface area contributed by atoms with E-state index in [9.17, 15) is 4.79 Å². The fourth-order valence-corrected chi connectivity index (χ4v) is 2.87. The minimum absolute atomic E-state index is 0.0674. The van der Waals surface area contributed by atoms with Gasteiger partial charge in [0.1, 0.15) is 5.69 Å². The van der Waals surface area contributed by atoms with Gasteiger partial charge >= 0.3 is 0 Å². The number of carbonyl (C=O) groups excluding carboxylic acids is 1. The highest BCUT2D eigenvalue weighted by molar-refractivity contribution is 7.11. The summed E-state index contributed by atoms with van der Waals surface area (Å²) in [5.74, 6) is -0.0674. The van der Waals surface area contributed by atoms with Crippen LogP contribution in [0.15, 0.2) is 42.5 Å². The Morgan fingerprint density at radius 2 is 2.11 bits per heavy atom. The van der Waals surface area contributed by atoms with Gasteiger partial charge in [0.05, 0.1) is 6.54 Å². The molecule has 0 fully saturated rings. The molecule has 96 valence electrons. The number of hydrogen-bond donors (Lipinski definition) is 2. The van der Waals surface area contributed by atoms with E-state index in [1.807, 2.05) is 36.4 Å². The number of rotatable bonds is 3. The van der Waals surface area contributed by atoms with Gasteiger partial charge in [-0.1, -0.05) is 18.2 Å². The van der Waals surface area contributed by atoms with Gasteiger partial charge in [0, 0.05) is 20.7 Å². The number of carbonyl (C=O) groups is 1. The predicted molar refractivity (Wildman–Crippen MR) is 78.5 cm³/mol. The van der Waals surface area contributed by atoms with Crippen molar-refractivity contribution in [1.82, 2.24) is 10.3 Å². The van der Waals surface area contributed by atoms with E-state index in [0.29, 0.717) is 12.2 Å². The molecule has 0 aliphatic rings. The molecule has 3 aromatic rings. The highest BCUT2D eigenvalue weighted by Gasteiger charge is 2.09. The van der Waals surface area contributed by atoms with Crippen LogP contribution in [0.3, 0.4) is 0 Å². The van der Waals surface area contributed by atoms with Crippen molar-refractivity contribution in [2.75, 3.05) is 0 Å². The fraction of sp³-hybridized carbons (Fsp3) is 0.133. The molecule has 3 nitrogen and oxygen atoms in total. The van der Waals surface area contributed by atoms with Crippen LogP contribution < -0.4 is 5.32 Å². The molecule has 3 rings (SSSR count). The first kappa shape index (κ1) is 12.0. The van der Waals surface area contributed by atoms with Gasteiger partial charge in [-0.2, -0.15) is 0 Å². The first-order chi connectivity index (χ1) is 9.22. The molecule has 19 heavy (non-hydrogen) atoms. The number of benzene rings is 1. The zero-order chi connectivity index (χ0) is 13.2. The molecular weight excluding hydrogens is 256 g/mol. The maximum Gasteiger partial charge on any atom is 0.268 e. The highest BCUT2D eigenvalue weighted by atomic mass is 32.1. The van der Waals surface area contributed by atoms with Crippen LogP contribution in [0.1, 0.15) is 20.2 Å². The molecular formula is C15H14N2OS. The summed E-state index contributed by atoms with van der Waals surface area (Å²) in [4.78, 5) is 17.6. The standard InChI is InChI=1S/C15H14N2OS/c1-10-6-7-12(19-10)9-16-15(18)14-8-11-4-2-3-5-13(11)17-14/h2-8,17H,9H2,1H3,(H,16,18). The Kier molecular flexibility index (Phi) is 3.09. The first-order valence-electron chi connectivity index (χ1n) is 6.13. The minimum Gasteiger partial charge on any atom is -0.351 e. The number of nitrogens with one attached hydrogen (secondary N) is 2. The van der Waals surface area contributed by atoms with Crippen LogP contribution in [0.2, 0.25) is 0 Å². The van der Waals surface area contributed by atoms with E-state index in [2.05, 4.69) is 23.3 Å². The van der Waals surface area contributed by atoms with E-state index in [0.717, 1.165) is 10.9 Å². The maximum absolute atomic E-state index is 12.1. The topological polar surface area (TPSA) is 44.9 Å². The molecule has 2 heterocycles. The van der Waals surface area contributed by atoms with Crippen molar-refractivity contribution in [2.24, 2.45) is 0 Å². The maximum atomic E-state index is 12.1. The highest BCUT2D eigenvalue weighted by Crippen LogP contribution is 2.16. The number of amides is 1. The van der Waals surface area contributed by atoms with Gasteiger partial charge in [0.15, 0.2) is 0 Å². The van der Waals surface area contributed by atoms with Crippen LogP contribution in [0.5, 0.6) is 0 Å². The summed E-state index contributed by atoms with van der Waals surface area (Å²) >= 11 is 1.71. The Bertz CT molecular complexity index is 693. The number of hydrogen-bond acceptors (Lipinski definition) is 2. The molecule has 0 saturated carbocycles. The van der Waals surface area contributed by atoms with Gasteiger partial charge in [0.2, 0.25) is 0 Å². The second kappa shape index (κ2) is 4.90. The van der Waals surface area contributed by atoms with Gasteiger partial charge in [-0.3, -0.25) is 4.79 Å².